The van der Waals surface area contributed by atoms with E-state index >= 15 is 0 Å². The number of fused-ring (bicyclic) bond motifs is 1. The number of halogens is 2. The lowest BCUT2D eigenvalue weighted by Crippen LogP contribution is -2.31. The van der Waals surface area contributed by atoms with Gasteiger partial charge in [0, 0.05) is 18.5 Å². The van der Waals surface area contributed by atoms with Crippen molar-refractivity contribution in [2.45, 2.75) is 31.9 Å². The Morgan fingerprint density at radius 2 is 1.80 bits per heavy atom. The molecule has 0 radical (unpaired) electrons. The van der Waals surface area contributed by atoms with Crippen LogP contribution in [0.5, 0.6) is 5.75 Å². The minimum absolute atomic E-state index is 0.0355. The molecule has 35 heavy (non-hydrogen) atoms. The van der Waals surface area contributed by atoms with Gasteiger partial charge in [-0.1, -0.05) is 59.6 Å². The number of carbonyl (C=O) groups is 2. The Balaban J connectivity index is 1.59. The molecule has 0 bridgehead atoms. The van der Waals surface area contributed by atoms with Crippen molar-refractivity contribution in [2.24, 2.45) is 0 Å². The predicted octanol–water partition coefficient (Wildman–Crippen LogP) is 5.98. The quantitative estimate of drug-likeness (QED) is 0.262. The summed E-state index contributed by atoms with van der Waals surface area (Å²) in [6, 6.07) is 19.2. The molecule has 2 heterocycles. The molecule has 5 nitrogen and oxygen atoms in total. The smallest absolute Gasteiger partial charge is 0.295 e. The van der Waals surface area contributed by atoms with Crippen LogP contribution >= 0.6 is 23.2 Å². The van der Waals surface area contributed by atoms with Gasteiger partial charge in [-0.15, -0.1) is 0 Å². The van der Waals surface area contributed by atoms with Crippen molar-refractivity contribution in [1.29, 1.82) is 0 Å². The average molecular weight is 508 g/mol. The van der Waals surface area contributed by atoms with Crippen molar-refractivity contribution in [2.75, 3.05) is 6.54 Å². The fourth-order valence-corrected chi connectivity index (χ4v) is 5.07. The highest BCUT2D eigenvalue weighted by molar-refractivity contribution is 6.46. The van der Waals surface area contributed by atoms with Crippen molar-refractivity contribution < 1.29 is 19.4 Å². The fraction of sp³-hybridized carbons (Fsp3) is 0.214. The summed E-state index contributed by atoms with van der Waals surface area (Å²) in [5.74, 6) is -0.837. The normalized spacial score (nSPS) is 20.7. The van der Waals surface area contributed by atoms with E-state index in [-0.39, 0.29) is 17.4 Å². The standard InChI is InChI=1S/C28H23Cl2NO4/c1-16-13-20-14-19(8-10-23(20)35-16)26(32)24-25(18-7-9-21(29)22(30)15-18)31(28(34)27(24)33)12-11-17-5-3-2-4-6-17/h2-10,14-16,25,32H,11-13H2,1H3/t16-,25-/m0/s1. The zero-order valence-corrected chi connectivity index (χ0v) is 20.5. The molecule has 1 saturated heterocycles. The number of hydrogen-bond donors (Lipinski definition) is 1. The topological polar surface area (TPSA) is 66.8 Å². The summed E-state index contributed by atoms with van der Waals surface area (Å²) >= 11 is 12.4. The van der Waals surface area contributed by atoms with Gasteiger partial charge in [0.1, 0.15) is 17.6 Å². The molecule has 0 saturated carbocycles. The van der Waals surface area contributed by atoms with E-state index in [1.54, 1.807) is 30.3 Å². The summed E-state index contributed by atoms with van der Waals surface area (Å²) in [4.78, 5) is 28.0. The Morgan fingerprint density at radius 3 is 2.54 bits per heavy atom. The molecule has 2 aliphatic heterocycles. The summed E-state index contributed by atoms with van der Waals surface area (Å²) < 4.78 is 5.76. The van der Waals surface area contributed by atoms with Crippen LogP contribution in [0.3, 0.4) is 0 Å². The fourth-order valence-electron chi connectivity index (χ4n) is 4.76. The van der Waals surface area contributed by atoms with Gasteiger partial charge in [-0.3, -0.25) is 9.59 Å². The molecule has 0 unspecified atom stereocenters. The third-order valence-corrected chi connectivity index (χ3v) is 7.19. The molecule has 3 aromatic carbocycles. The van der Waals surface area contributed by atoms with Gasteiger partial charge >= 0.3 is 0 Å². The monoisotopic (exact) mass is 507 g/mol. The van der Waals surface area contributed by atoms with Crippen LogP contribution in [0, 0.1) is 0 Å². The second-order valence-corrected chi connectivity index (χ2v) is 9.67. The average Bonchev–Trinajstić information content (AvgIpc) is 3.35. The lowest BCUT2D eigenvalue weighted by Gasteiger charge is -2.25. The Morgan fingerprint density at radius 1 is 1.03 bits per heavy atom. The van der Waals surface area contributed by atoms with Crippen LogP contribution in [0.15, 0.2) is 72.3 Å². The number of aliphatic hydroxyl groups excluding tert-OH is 1. The number of ether oxygens (including phenoxy) is 1. The number of amides is 1. The van der Waals surface area contributed by atoms with Crippen molar-refractivity contribution in [3.8, 4) is 5.75 Å². The Hall–Kier alpha value is -3.28. The number of likely N-dealkylation sites (tertiary alicyclic amines) is 1. The predicted molar refractivity (Wildman–Crippen MR) is 136 cm³/mol. The number of rotatable bonds is 5. The van der Waals surface area contributed by atoms with E-state index < -0.39 is 17.7 Å². The minimum Gasteiger partial charge on any atom is -0.507 e. The maximum absolute atomic E-state index is 13.3. The number of hydrogen-bond acceptors (Lipinski definition) is 4. The minimum atomic E-state index is -0.795. The first-order chi connectivity index (χ1) is 16.8. The molecular formula is C28H23Cl2NO4. The largest absolute Gasteiger partial charge is 0.507 e. The summed E-state index contributed by atoms with van der Waals surface area (Å²) in [5.41, 5.74) is 3.09. The summed E-state index contributed by atoms with van der Waals surface area (Å²) in [6.45, 7) is 2.27. The molecule has 1 amide bonds. The maximum Gasteiger partial charge on any atom is 0.295 e. The van der Waals surface area contributed by atoms with Crippen LogP contribution in [0.2, 0.25) is 10.0 Å². The third kappa shape index (κ3) is 4.42. The van der Waals surface area contributed by atoms with Crippen LogP contribution in [0.4, 0.5) is 0 Å². The number of aliphatic hydroxyl groups is 1. The molecule has 0 spiro atoms. The number of Topliss-reactive ketones (excluding diaryl/α,β-unsaturated/α-hetero) is 1. The van der Waals surface area contributed by atoms with E-state index in [2.05, 4.69) is 0 Å². The number of carbonyl (C=O) groups excluding carboxylic acids is 2. The molecule has 2 atom stereocenters. The summed E-state index contributed by atoms with van der Waals surface area (Å²) in [6.07, 6.45) is 1.31. The van der Waals surface area contributed by atoms with Gasteiger partial charge in [0.2, 0.25) is 0 Å². The van der Waals surface area contributed by atoms with Crippen molar-refractivity contribution in [1.82, 2.24) is 4.90 Å². The molecule has 1 N–H and O–H groups in total. The second-order valence-electron chi connectivity index (χ2n) is 8.86. The first-order valence-electron chi connectivity index (χ1n) is 11.4. The number of benzene rings is 3. The zero-order chi connectivity index (χ0) is 24.7. The van der Waals surface area contributed by atoms with Crippen molar-refractivity contribution in [3.05, 3.63) is 105 Å². The van der Waals surface area contributed by atoms with Gasteiger partial charge in [-0.05, 0) is 60.4 Å². The molecule has 0 aliphatic carbocycles. The molecule has 2 aliphatic rings. The molecule has 7 heteroatoms. The van der Waals surface area contributed by atoms with Gasteiger partial charge in [0.25, 0.3) is 11.7 Å². The van der Waals surface area contributed by atoms with E-state index in [0.29, 0.717) is 40.6 Å². The van der Waals surface area contributed by atoms with Crippen LogP contribution in [-0.4, -0.2) is 34.3 Å². The first kappa shape index (κ1) is 23.5. The second kappa shape index (κ2) is 9.40. The van der Waals surface area contributed by atoms with Crippen LogP contribution < -0.4 is 4.74 Å². The van der Waals surface area contributed by atoms with E-state index in [1.165, 1.54) is 4.90 Å². The molecule has 5 rings (SSSR count). The van der Waals surface area contributed by atoms with E-state index in [0.717, 1.165) is 16.9 Å². The molecule has 178 valence electrons. The summed E-state index contributed by atoms with van der Waals surface area (Å²) in [5, 5.41) is 12.0. The lowest BCUT2D eigenvalue weighted by atomic mass is 9.94. The van der Waals surface area contributed by atoms with Gasteiger partial charge in [-0.2, -0.15) is 0 Å². The van der Waals surface area contributed by atoms with Crippen LogP contribution in [0.1, 0.15) is 35.2 Å². The highest BCUT2D eigenvalue weighted by Crippen LogP contribution is 2.42. The molecule has 0 aromatic heterocycles. The number of ketones is 1. The molecular weight excluding hydrogens is 485 g/mol. The Labute approximate surface area is 213 Å². The van der Waals surface area contributed by atoms with Crippen LogP contribution in [0.25, 0.3) is 5.76 Å². The highest BCUT2D eigenvalue weighted by atomic mass is 35.5. The van der Waals surface area contributed by atoms with E-state index in [1.807, 2.05) is 43.3 Å². The van der Waals surface area contributed by atoms with Gasteiger partial charge in [0.05, 0.1) is 21.7 Å². The van der Waals surface area contributed by atoms with Gasteiger partial charge < -0.3 is 14.7 Å². The van der Waals surface area contributed by atoms with Gasteiger partial charge in [-0.25, -0.2) is 0 Å². The molecule has 3 aromatic rings. The lowest BCUT2D eigenvalue weighted by molar-refractivity contribution is -0.139. The SMILES string of the molecule is C[C@H]1Cc2cc(C(O)=C3C(=O)C(=O)N(CCc4ccccc4)[C@H]3c3ccc(Cl)c(Cl)c3)ccc2O1. The zero-order valence-electron chi connectivity index (χ0n) is 19.0. The van der Waals surface area contributed by atoms with Gasteiger partial charge in [0.15, 0.2) is 0 Å². The maximum atomic E-state index is 13.3. The third-order valence-electron chi connectivity index (χ3n) is 6.45. The van der Waals surface area contributed by atoms with Crippen molar-refractivity contribution in [3.63, 3.8) is 0 Å². The Kier molecular flexibility index (Phi) is 6.30. The van der Waals surface area contributed by atoms with E-state index in [4.69, 9.17) is 27.9 Å². The molecule has 1 fully saturated rings. The Bertz CT molecular complexity index is 1350. The first-order valence-corrected chi connectivity index (χ1v) is 12.2. The van der Waals surface area contributed by atoms with Crippen molar-refractivity contribution >= 4 is 40.7 Å². The highest BCUT2D eigenvalue weighted by Gasteiger charge is 2.46. The summed E-state index contributed by atoms with van der Waals surface area (Å²) in [7, 11) is 0. The number of nitrogens with zero attached hydrogens (tertiary/aromatic N) is 1. The van der Waals surface area contributed by atoms with E-state index in [9.17, 15) is 14.7 Å². The van der Waals surface area contributed by atoms with Crippen LogP contribution in [-0.2, 0) is 22.4 Å².